The van der Waals surface area contributed by atoms with Gasteiger partial charge in [0.1, 0.15) is 12.4 Å². The Morgan fingerprint density at radius 1 is 1.28 bits per heavy atom. The van der Waals surface area contributed by atoms with E-state index in [1.165, 1.54) is 0 Å². The van der Waals surface area contributed by atoms with Crippen molar-refractivity contribution in [1.82, 2.24) is 24.9 Å². The van der Waals surface area contributed by atoms with Gasteiger partial charge in [0, 0.05) is 11.8 Å². The first-order chi connectivity index (χ1) is 13.7. The number of amides is 1. The molecule has 3 aromatic heterocycles. The van der Waals surface area contributed by atoms with Gasteiger partial charge in [-0.2, -0.15) is 5.10 Å². The van der Waals surface area contributed by atoms with E-state index in [0.717, 1.165) is 28.3 Å². The zero-order chi connectivity index (χ0) is 21.2. The Balaban J connectivity index is 1.83. The molecule has 2 N–H and O–H groups in total. The Morgan fingerprint density at radius 3 is 2.69 bits per heavy atom. The van der Waals surface area contributed by atoms with Crippen LogP contribution < -0.4 is 10.1 Å². The molecular weight excluding hydrogens is 370 g/mol. The number of carbonyl (C=O) groups is 1. The van der Waals surface area contributed by atoms with Crippen LogP contribution in [0.2, 0.25) is 0 Å². The lowest BCUT2D eigenvalue weighted by Crippen LogP contribution is -2.50. The maximum absolute atomic E-state index is 11.2. The quantitative estimate of drug-likeness (QED) is 0.628. The third-order valence-corrected chi connectivity index (χ3v) is 4.61. The number of nitrogens with one attached hydrogen (secondary N) is 1. The van der Waals surface area contributed by atoms with E-state index in [2.05, 4.69) is 34.2 Å². The minimum Gasteiger partial charge on any atom is -0.489 e. The van der Waals surface area contributed by atoms with Gasteiger partial charge in [0.15, 0.2) is 5.65 Å². The van der Waals surface area contributed by atoms with Crippen LogP contribution in [0.25, 0.3) is 16.9 Å². The molecule has 0 spiro atoms. The van der Waals surface area contributed by atoms with Crippen molar-refractivity contribution < 1.29 is 14.6 Å². The van der Waals surface area contributed by atoms with Crippen LogP contribution in [0.3, 0.4) is 0 Å². The molecule has 8 nitrogen and oxygen atoms in total. The van der Waals surface area contributed by atoms with E-state index < -0.39 is 11.6 Å². The average molecular weight is 397 g/mol. The van der Waals surface area contributed by atoms with E-state index in [1.807, 2.05) is 45.2 Å². The Hall–Kier alpha value is -3.16. The topological polar surface area (TPSA) is 102 Å². The standard InChI is InChI=1S/C21H27N5O3/c1-13(2)10-21(5,25-20(27)28)12-29-18-7-6-17(24-15(18)4)16-8-9-22-26-11-14(3)23-19(16)26/h6-9,11,13,25H,10,12H2,1-5H3,(H,27,28). The molecular formula is C21H27N5O3. The number of fused-ring (bicyclic) bond motifs is 1. The summed E-state index contributed by atoms with van der Waals surface area (Å²) in [5.41, 5.74) is 3.34. The third-order valence-electron chi connectivity index (χ3n) is 4.61. The van der Waals surface area contributed by atoms with E-state index in [-0.39, 0.29) is 6.61 Å². The van der Waals surface area contributed by atoms with Crippen LogP contribution in [0, 0.1) is 19.8 Å². The maximum atomic E-state index is 11.2. The number of nitrogens with zero attached hydrogens (tertiary/aromatic N) is 4. The summed E-state index contributed by atoms with van der Waals surface area (Å²) in [4.78, 5) is 20.4. The Morgan fingerprint density at radius 2 is 2.03 bits per heavy atom. The van der Waals surface area contributed by atoms with Gasteiger partial charge in [-0.3, -0.25) is 0 Å². The Labute approximate surface area is 170 Å². The van der Waals surface area contributed by atoms with Gasteiger partial charge in [-0.05, 0) is 51.3 Å². The minimum atomic E-state index is -1.06. The molecule has 0 aliphatic rings. The van der Waals surface area contributed by atoms with Crippen LogP contribution in [0.1, 0.15) is 38.6 Å². The third kappa shape index (κ3) is 4.82. The summed E-state index contributed by atoms with van der Waals surface area (Å²) in [6, 6.07) is 5.63. The first-order valence-electron chi connectivity index (χ1n) is 9.60. The summed E-state index contributed by atoms with van der Waals surface area (Å²) in [7, 11) is 0. The van der Waals surface area contributed by atoms with Crippen molar-refractivity contribution in [2.45, 2.75) is 46.6 Å². The summed E-state index contributed by atoms with van der Waals surface area (Å²) in [6.45, 7) is 9.98. The van der Waals surface area contributed by atoms with E-state index in [4.69, 9.17) is 4.74 Å². The molecule has 8 heteroatoms. The van der Waals surface area contributed by atoms with Crippen LogP contribution in [0.15, 0.2) is 30.6 Å². The van der Waals surface area contributed by atoms with E-state index in [0.29, 0.717) is 18.1 Å². The second kappa shape index (κ2) is 8.06. The SMILES string of the molecule is Cc1cn2nccc(-c3ccc(OCC(C)(CC(C)C)NC(=O)O)c(C)n3)c2n1. The molecule has 29 heavy (non-hydrogen) atoms. The minimum absolute atomic E-state index is 0.221. The van der Waals surface area contributed by atoms with Crippen LogP contribution in [-0.2, 0) is 0 Å². The number of hydrogen-bond acceptors (Lipinski definition) is 5. The summed E-state index contributed by atoms with van der Waals surface area (Å²) in [6.07, 6.45) is 3.20. The Kier molecular flexibility index (Phi) is 5.72. The molecule has 1 amide bonds. The summed E-state index contributed by atoms with van der Waals surface area (Å²) < 4.78 is 7.70. The number of aryl methyl sites for hydroxylation is 2. The van der Waals surface area contributed by atoms with Crippen molar-refractivity contribution in [3.63, 3.8) is 0 Å². The zero-order valence-corrected chi connectivity index (χ0v) is 17.4. The largest absolute Gasteiger partial charge is 0.489 e. The van der Waals surface area contributed by atoms with Crippen molar-refractivity contribution in [1.29, 1.82) is 0 Å². The highest BCUT2D eigenvalue weighted by Crippen LogP contribution is 2.27. The molecule has 0 aliphatic carbocycles. The number of ether oxygens (including phenoxy) is 1. The predicted octanol–water partition coefficient (Wildman–Crippen LogP) is 3.86. The van der Waals surface area contributed by atoms with E-state index in [1.54, 1.807) is 10.7 Å². The second-order valence-electron chi connectivity index (χ2n) is 8.05. The molecule has 154 valence electrons. The highest BCUT2D eigenvalue weighted by molar-refractivity contribution is 5.75. The molecule has 0 bridgehead atoms. The van der Waals surface area contributed by atoms with E-state index in [9.17, 15) is 9.90 Å². The van der Waals surface area contributed by atoms with Gasteiger partial charge < -0.3 is 15.2 Å². The van der Waals surface area contributed by atoms with Crippen molar-refractivity contribution >= 4 is 11.7 Å². The molecule has 1 unspecified atom stereocenters. The van der Waals surface area contributed by atoms with Crippen molar-refractivity contribution in [2.75, 3.05) is 6.61 Å². The molecule has 0 fully saturated rings. The van der Waals surface area contributed by atoms with Crippen LogP contribution in [0.4, 0.5) is 4.79 Å². The van der Waals surface area contributed by atoms with E-state index >= 15 is 0 Å². The summed E-state index contributed by atoms with van der Waals surface area (Å²) >= 11 is 0. The van der Waals surface area contributed by atoms with Crippen LogP contribution in [0.5, 0.6) is 5.75 Å². The molecule has 3 heterocycles. The summed E-state index contributed by atoms with van der Waals surface area (Å²) in [5.74, 6) is 0.949. The van der Waals surface area contributed by atoms with Gasteiger partial charge in [0.25, 0.3) is 0 Å². The maximum Gasteiger partial charge on any atom is 0.405 e. The molecule has 0 aliphatic heterocycles. The smallest absolute Gasteiger partial charge is 0.405 e. The van der Waals surface area contributed by atoms with Gasteiger partial charge >= 0.3 is 6.09 Å². The number of imidazole rings is 1. The van der Waals surface area contributed by atoms with Gasteiger partial charge in [-0.15, -0.1) is 0 Å². The number of pyridine rings is 1. The first kappa shape index (κ1) is 20.6. The normalized spacial score (nSPS) is 13.4. The predicted molar refractivity (Wildman–Crippen MR) is 110 cm³/mol. The number of carboxylic acid groups (broad SMARTS) is 1. The molecule has 3 aromatic rings. The lowest BCUT2D eigenvalue weighted by Gasteiger charge is -2.31. The fourth-order valence-electron chi connectivity index (χ4n) is 3.60. The molecule has 0 aromatic carbocycles. The van der Waals surface area contributed by atoms with Crippen molar-refractivity contribution in [2.24, 2.45) is 5.92 Å². The van der Waals surface area contributed by atoms with Crippen molar-refractivity contribution in [3.05, 3.63) is 42.0 Å². The fourth-order valence-corrected chi connectivity index (χ4v) is 3.60. The lowest BCUT2D eigenvalue weighted by atomic mass is 9.91. The monoisotopic (exact) mass is 397 g/mol. The highest BCUT2D eigenvalue weighted by Gasteiger charge is 2.29. The first-order valence-corrected chi connectivity index (χ1v) is 9.60. The van der Waals surface area contributed by atoms with Gasteiger partial charge in [-0.1, -0.05) is 13.8 Å². The Bertz CT molecular complexity index is 1030. The fraction of sp³-hybridized carbons (Fsp3) is 0.429. The molecule has 0 radical (unpaired) electrons. The van der Waals surface area contributed by atoms with Gasteiger partial charge in [0.05, 0.1) is 28.8 Å². The van der Waals surface area contributed by atoms with Crippen LogP contribution in [-0.4, -0.2) is 42.9 Å². The number of aromatic nitrogens is 4. The average Bonchev–Trinajstić information content (AvgIpc) is 2.99. The van der Waals surface area contributed by atoms with Crippen LogP contribution >= 0.6 is 0 Å². The second-order valence-corrected chi connectivity index (χ2v) is 8.05. The lowest BCUT2D eigenvalue weighted by molar-refractivity contribution is 0.142. The summed E-state index contributed by atoms with van der Waals surface area (Å²) in [5, 5.41) is 16.0. The number of hydrogen-bond donors (Lipinski definition) is 2. The molecule has 0 saturated heterocycles. The van der Waals surface area contributed by atoms with Crippen molar-refractivity contribution in [3.8, 4) is 17.0 Å². The van der Waals surface area contributed by atoms with Gasteiger partial charge in [0.2, 0.25) is 0 Å². The number of rotatable bonds is 7. The van der Waals surface area contributed by atoms with Gasteiger partial charge in [-0.25, -0.2) is 19.3 Å². The zero-order valence-electron chi connectivity index (χ0n) is 17.4. The molecule has 1 atom stereocenters. The molecule has 3 rings (SSSR count). The highest BCUT2D eigenvalue weighted by atomic mass is 16.5. The molecule has 0 saturated carbocycles.